The van der Waals surface area contributed by atoms with Crippen LogP contribution < -0.4 is 4.74 Å². The molecule has 0 amide bonds. The first-order valence-corrected chi connectivity index (χ1v) is 7.34. The Hall–Kier alpha value is -1.82. The zero-order valence-electron chi connectivity index (χ0n) is 12.1. The number of nitrogens with zero attached hydrogens (tertiary/aromatic N) is 3. The van der Waals surface area contributed by atoms with Crippen molar-refractivity contribution in [2.45, 2.75) is 32.2 Å². The zero-order chi connectivity index (χ0) is 15.2. The van der Waals surface area contributed by atoms with Crippen molar-refractivity contribution in [1.82, 2.24) is 14.5 Å². The Morgan fingerprint density at radius 2 is 2.19 bits per heavy atom. The second kappa shape index (κ2) is 7.26. The molecule has 0 aliphatic carbocycles. The van der Waals surface area contributed by atoms with Crippen LogP contribution in [0.3, 0.4) is 0 Å². The molecule has 0 saturated carbocycles. The van der Waals surface area contributed by atoms with E-state index in [1.165, 1.54) is 0 Å². The van der Waals surface area contributed by atoms with E-state index in [9.17, 15) is 4.79 Å². The number of aryl methyl sites for hydroxylation is 1. The predicted octanol–water partition coefficient (Wildman–Crippen LogP) is 2.52. The number of imidazole rings is 1. The van der Waals surface area contributed by atoms with E-state index in [2.05, 4.69) is 9.97 Å². The van der Waals surface area contributed by atoms with E-state index < -0.39 is 0 Å². The second-order valence-electron chi connectivity index (χ2n) is 4.42. The molecule has 0 atom stereocenters. The zero-order valence-corrected chi connectivity index (χ0v) is 12.9. The van der Waals surface area contributed by atoms with Crippen molar-refractivity contribution < 1.29 is 14.3 Å². The number of esters is 1. The summed E-state index contributed by atoms with van der Waals surface area (Å²) in [4.78, 5) is 20.2. The first kappa shape index (κ1) is 15.6. The minimum absolute atomic E-state index is 0.195. The monoisotopic (exact) mass is 311 g/mol. The van der Waals surface area contributed by atoms with E-state index in [0.29, 0.717) is 37.5 Å². The Morgan fingerprint density at radius 3 is 2.86 bits per heavy atom. The lowest BCUT2D eigenvalue weighted by Gasteiger charge is -2.07. The molecule has 0 bridgehead atoms. The number of aromatic nitrogens is 3. The van der Waals surface area contributed by atoms with Gasteiger partial charge in [-0.3, -0.25) is 4.79 Å². The van der Waals surface area contributed by atoms with Gasteiger partial charge in [-0.15, -0.1) is 11.6 Å². The Bertz CT molecular complexity index is 627. The lowest BCUT2D eigenvalue weighted by molar-refractivity contribution is -0.143. The van der Waals surface area contributed by atoms with E-state index in [1.54, 1.807) is 20.1 Å². The van der Waals surface area contributed by atoms with Crippen molar-refractivity contribution >= 4 is 28.7 Å². The van der Waals surface area contributed by atoms with Crippen molar-refractivity contribution in [2.75, 3.05) is 13.7 Å². The van der Waals surface area contributed by atoms with Crippen LogP contribution in [0.2, 0.25) is 0 Å². The van der Waals surface area contributed by atoms with Crippen LogP contribution in [0.15, 0.2) is 12.1 Å². The number of methoxy groups -OCH3 is 1. The van der Waals surface area contributed by atoms with Crippen LogP contribution in [0.4, 0.5) is 0 Å². The van der Waals surface area contributed by atoms with Gasteiger partial charge in [0.05, 0.1) is 19.6 Å². The molecule has 0 saturated heterocycles. The van der Waals surface area contributed by atoms with Crippen molar-refractivity contribution in [1.29, 1.82) is 0 Å². The number of rotatable bonds is 7. The van der Waals surface area contributed by atoms with Gasteiger partial charge in [0.2, 0.25) is 5.88 Å². The molecule has 2 rings (SSSR count). The third kappa shape index (κ3) is 3.64. The highest BCUT2D eigenvalue weighted by Crippen LogP contribution is 2.20. The summed E-state index contributed by atoms with van der Waals surface area (Å²) >= 11 is 5.93. The number of ether oxygens (including phenoxy) is 2. The summed E-state index contributed by atoms with van der Waals surface area (Å²) in [5.74, 6) is 1.35. The smallest absolute Gasteiger partial charge is 0.305 e. The maximum absolute atomic E-state index is 11.4. The quantitative estimate of drug-likeness (QED) is 0.580. The van der Waals surface area contributed by atoms with E-state index in [-0.39, 0.29) is 11.8 Å². The average Bonchev–Trinajstić information content (AvgIpc) is 2.84. The fourth-order valence-electron chi connectivity index (χ4n) is 2.10. The standard InChI is InChI=1S/C14H18ClN3O3/c1-3-21-13(19)5-4-8-18-11(9-15)16-10-6-7-12(20-2)17-14(10)18/h6-7H,3-5,8-9H2,1-2H3. The highest BCUT2D eigenvalue weighted by Gasteiger charge is 2.13. The molecular weight excluding hydrogens is 294 g/mol. The summed E-state index contributed by atoms with van der Waals surface area (Å²) < 4.78 is 12.0. The first-order valence-electron chi connectivity index (χ1n) is 6.81. The predicted molar refractivity (Wildman–Crippen MR) is 79.5 cm³/mol. The van der Waals surface area contributed by atoms with Gasteiger partial charge in [0, 0.05) is 19.0 Å². The van der Waals surface area contributed by atoms with E-state index in [4.69, 9.17) is 21.1 Å². The Labute approximate surface area is 128 Å². The molecule has 0 fully saturated rings. The van der Waals surface area contributed by atoms with Gasteiger partial charge >= 0.3 is 5.97 Å². The number of hydrogen-bond donors (Lipinski definition) is 0. The lowest BCUT2D eigenvalue weighted by atomic mass is 10.3. The van der Waals surface area contributed by atoms with Gasteiger partial charge in [-0.1, -0.05) is 0 Å². The van der Waals surface area contributed by atoms with Crippen molar-refractivity contribution in [3.8, 4) is 5.88 Å². The summed E-state index contributed by atoms with van der Waals surface area (Å²) in [6, 6.07) is 3.61. The fraction of sp³-hybridized carbons (Fsp3) is 0.500. The summed E-state index contributed by atoms with van der Waals surface area (Å²) in [6.07, 6.45) is 1.01. The van der Waals surface area contributed by atoms with Crippen molar-refractivity contribution in [3.63, 3.8) is 0 Å². The molecule has 6 nitrogen and oxygen atoms in total. The number of pyridine rings is 1. The van der Waals surface area contributed by atoms with Crippen LogP contribution in [-0.2, 0) is 22.0 Å². The van der Waals surface area contributed by atoms with Crippen molar-refractivity contribution in [3.05, 3.63) is 18.0 Å². The molecule has 0 aliphatic rings. The van der Waals surface area contributed by atoms with Gasteiger partial charge < -0.3 is 14.0 Å². The largest absolute Gasteiger partial charge is 0.481 e. The van der Waals surface area contributed by atoms with Crippen LogP contribution >= 0.6 is 11.6 Å². The number of carbonyl (C=O) groups excluding carboxylic acids is 1. The minimum atomic E-state index is -0.195. The molecule has 2 aromatic rings. The van der Waals surface area contributed by atoms with Crippen LogP contribution in [0.25, 0.3) is 11.2 Å². The third-order valence-corrected chi connectivity index (χ3v) is 3.28. The normalized spacial score (nSPS) is 10.8. The molecule has 2 heterocycles. The lowest BCUT2D eigenvalue weighted by Crippen LogP contribution is -2.08. The molecule has 21 heavy (non-hydrogen) atoms. The van der Waals surface area contributed by atoms with E-state index >= 15 is 0 Å². The molecule has 0 aliphatic heterocycles. The molecule has 7 heteroatoms. The van der Waals surface area contributed by atoms with Gasteiger partial charge in [0.15, 0.2) is 5.65 Å². The number of fused-ring (bicyclic) bond motifs is 1. The summed E-state index contributed by atoms with van der Waals surface area (Å²) in [6.45, 7) is 2.80. The van der Waals surface area contributed by atoms with Crippen LogP contribution in [0.5, 0.6) is 5.88 Å². The number of carbonyl (C=O) groups is 1. The number of halogens is 1. The van der Waals surface area contributed by atoms with Crippen LogP contribution in [0, 0.1) is 0 Å². The van der Waals surface area contributed by atoms with Gasteiger partial charge in [-0.05, 0) is 19.4 Å². The molecule has 0 spiro atoms. The average molecular weight is 312 g/mol. The Balaban J connectivity index is 2.18. The molecule has 0 unspecified atom stereocenters. The Morgan fingerprint density at radius 1 is 1.38 bits per heavy atom. The SMILES string of the molecule is CCOC(=O)CCCn1c(CCl)nc2ccc(OC)nc21. The van der Waals surface area contributed by atoms with E-state index in [0.717, 1.165) is 11.3 Å². The summed E-state index contributed by atoms with van der Waals surface area (Å²) in [5, 5.41) is 0. The topological polar surface area (TPSA) is 66.2 Å². The third-order valence-electron chi connectivity index (χ3n) is 3.04. The maximum Gasteiger partial charge on any atom is 0.305 e. The van der Waals surface area contributed by atoms with E-state index in [1.807, 2.05) is 10.6 Å². The van der Waals surface area contributed by atoms with Gasteiger partial charge in [0.25, 0.3) is 0 Å². The van der Waals surface area contributed by atoms with Gasteiger partial charge in [-0.25, -0.2) is 4.98 Å². The minimum Gasteiger partial charge on any atom is -0.481 e. The fourth-order valence-corrected chi connectivity index (χ4v) is 2.30. The molecule has 0 aromatic carbocycles. The number of alkyl halides is 1. The van der Waals surface area contributed by atoms with Crippen LogP contribution in [0.1, 0.15) is 25.6 Å². The molecular formula is C14H18ClN3O3. The second-order valence-corrected chi connectivity index (χ2v) is 4.69. The Kier molecular flexibility index (Phi) is 5.38. The highest BCUT2D eigenvalue weighted by molar-refractivity contribution is 6.16. The maximum atomic E-state index is 11.4. The van der Waals surface area contributed by atoms with Crippen molar-refractivity contribution in [2.24, 2.45) is 0 Å². The molecule has 114 valence electrons. The molecule has 2 aromatic heterocycles. The van der Waals surface area contributed by atoms with Gasteiger partial charge in [0.1, 0.15) is 11.3 Å². The first-order chi connectivity index (χ1) is 10.2. The molecule has 0 radical (unpaired) electrons. The number of hydrogen-bond acceptors (Lipinski definition) is 5. The van der Waals surface area contributed by atoms with Crippen LogP contribution in [-0.4, -0.2) is 34.2 Å². The van der Waals surface area contributed by atoms with Gasteiger partial charge in [-0.2, -0.15) is 4.98 Å². The summed E-state index contributed by atoms with van der Waals surface area (Å²) in [5.41, 5.74) is 1.48. The molecule has 0 N–H and O–H groups in total. The highest BCUT2D eigenvalue weighted by atomic mass is 35.5. The summed E-state index contributed by atoms with van der Waals surface area (Å²) in [7, 11) is 1.57.